The van der Waals surface area contributed by atoms with Crippen molar-refractivity contribution in [2.24, 2.45) is 11.8 Å². The molecule has 2 saturated heterocycles. The Morgan fingerprint density at radius 1 is 1.21 bits per heavy atom. The highest BCUT2D eigenvalue weighted by Gasteiger charge is 2.29. The second kappa shape index (κ2) is 6.34. The maximum Gasteiger partial charge on any atom is 0.237 e. The maximum atomic E-state index is 12.2. The first-order valence-electron chi connectivity index (χ1n) is 7.14. The van der Waals surface area contributed by atoms with Crippen LogP contribution in [0.3, 0.4) is 0 Å². The van der Waals surface area contributed by atoms with Crippen molar-refractivity contribution in [3.8, 4) is 0 Å². The largest absolute Gasteiger partial charge is 0.342 e. The highest BCUT2D eigenvalue weighted by molar-refractivity contribution is 5.80. The van der Waals surface area contributed by atoms with Crippen LogP contribution in [0.15, 0.2) is 0 Å². The molecule has 2 fully saturated rings. The molecule has 0 radical (unpaired) electrons. The third-order valence-electron chi connectivity index (χ3n) is 4.39. The molecule has 108 valence electrons. The fourth-order valence-electron chi connectivity index (χ4n) is 3.01. The Labute approximate surface area is 114 Å². The van der Waals surface area contributed by atoms with E-state index in [1.165, 1.54) is 12.8 Å². The molecule has 0 bridgehead atoms. The van der Waals surface area contributed by atoms with Gasteiger partial charge in [0, 0.05) is 25.0 Å². The van der Waals surface area contributed by atoms with E-state index in [1.807, 2.05) is 4.90 Å². The lowest BCUT2D eigenvalue weighted by Crippen LogP contribution is -2.47. The van der Waals surface area contributed by atoms with Crippen LogP contribution < -0.4 is 11.3 Å². The molecule has 6 nitrogen and oxygen atoms in total. The molecule has 0 spiro atoms. The predicted molar refractivity (Wildman–Crippen MR) is 71.9 cm³/mol. The molecule has 19 heavy (non-hydrogen) atoms. The molecule has 2 heterocycles. The SMILES string of the molecule is CC1CCCN1CC(=O)N1CCC(C(=O)NN)CC1. The summed E-state index contributed by atoms with van der Waals surface area (Å²) in [6.45, 7) is 5.06. The van der Waals surface area contributed by atoms with Gasteiger partial charge < -0.3 is 4.90 Å². The number of hydrazine groups is 1. The summed E-state index contributed by atoms with van der Waals surface area (Å²) >= 11 is 0. The van der Waals surface area contributed by atoms with Crippen LogP contribution in [0.2, 0.25) is 0 Å². The first kappa shape index (κ1) is 14.3. The molecule has 2 amide bonds. The first-order chi connectivity index (χ1) is 9.11. The lowest BCUT2D eigenvalue weighted by molar-refractivity contribution is -0.136. The number of nitrogens with two attached hydrogens (primary N) is 1. The van der Waals surface area contributed by atoms with Gasteiger partial charge in [-0.05, 0) is 39.2 Å². The van der Waals surface area contributed by atoms with Gasteiger partial charge in [0.05, 0.1) is 6.54 Å². The van der Waals surface area contributed by atoms with Gasteiger partial charge in [0.1, 0.15) is 0 Å². The number of carbonyl (C=O) groups is 2. The van der Waals surface area contributed by atoms with Crippen molar-refractivity contribution >= 4 is 11.8 Å². The zero-order valence-corrected chi connectivity index (χ0v) is 11.6. The smallest absolute Gasteiger partial charge is 0.237 e. The zero-order chi connectivity index (χ0) is 13.8. The summed E-state index contributed by atoms with van der Waals surface area (Å²) in [4.78, 5) is 27.8. The van der Waals surface area contributed by atoms with E-state index in [1.54, 1.807) is 0 Å². The van der Waals surface area contributed by atoms with Gasteiger partial charge in [0.25, 0.3) is 0 Å². The molecule has 0 saturated carbocycles. The van der Waals surface area contributed by atoms with Crippen molar-refractivity contribution in [1.29, 1.82) is 0 Å². The monoisotopic (exact) mass is 268 g/mol. The molecular formula is C13H24N4O2. The summed E-state index contributed by atoms with van der Waals surface area (Å²) in [6, 6.07) is 0.518. The topological polar surface area (TPSA) is 78.7 Å². The first-order valence-corrected chi connectivity index (χ1v) is 7.14. The predicted octanol–water partition coefficient (Wildman–Crippen LogP) is -0.301. The highest BCUT2D eigenvalue weighted by Crippen LogP contribution is 2.19. The lowest BCUT2D eigenvalue weighted by Gasteiger charge is -2.32. The number of likely N-dealkylation sites (tertiary alicyclic amines) is 2. The van der Waals surface area contributed by atoms with Crippen LogP contribution in [0.1, 0.15) is 32.6 Å². The summed E-state index contributed by atoms with van der Waals surface area (Å²) in [6.07, 6.45) is 3.80. The van der Waals surface area contributed by atoms with Crippen LogP contribution >= 0.6 is 0 Å². The van der Waals surface area contributed by atoms with E-state index in [-0.39, 0.29) is 17.7 Å². The van der Waals surface area contributed by atoms with Crippen molar-refractivity contribution in [3.63, 3.8) is 0 Å². The minimum atomic E-state index is -0.111. The Morgan fingerprint density at radius 3 is 2.42 bits per heavy atom. The van der Waals surface area contributed by atoms with Gasteiger partial charge in [-0.15, -0.1) is 0 Å². The molecular weight excluding hydrogens is 244 g/mol. The number of hydrogen-bond donors (Lipinski definition) is 2. The molecule has 1 unspecified atom stereocenters. The van der Waals surface area contributed by atoms with Gasteiger partial charge in [-0.25, -0.2) is 5.84 Å². The van der Waals surface area contributed by atoms with E-state index in [0.29, 0.717) is 38.5 Å². The van der Waals surface area contributed by atoms with Gasteiger partial charge in [0.2, 0.25) is 11.8 Å². The van der Waals surface area contributed by atoms with Gasteiger partial charge in [-0.2, -0.15) is 0 Å². The number of hydrogen-bond acceptors (Lipinski definition) is 4. The number of amides is 2. The van der Waals surface area contributed by atoms with Crippen molar-refractivity contribution < 1.29 is 9.59 Å². The van der Waals surface area contributed by atoms with Crippen LogP contribution in [0.5, 0.6) is 0 Å². The van der Waals surface area contributed by atoms with E-state index >= 15 is 0 Å². The average Bonchev–Trinajstić information content (AvgIpc) is 2.83. The number of piperidine rings is 1. The fourth-order valence-corrected chi connectivity index (χ4v) is 3.01. The third kappa shape index (κ3) is 3.45. The maximum absolute atomic E-state index is 12.2. The molecule has 1 atom stereocenters. The Bertz CT molecular complexity index is 340. The second-order valence-corrected chi connectivity index (χ2v) is 5.63. The molecule has 3 N–H and O–H groups in total. The zero-order valence-electron chi connectivity index (χ0n) is 11.6. The van der Waals surface area contributed by atoms with Gasteiger partial charge in [0.15, 0.2) is 0 Å². The molecule has 2 rings (SSSR count). The molecule has 0 aromatic heterocycles. The molecule has 6 heteroatoms. The van der Waals surface area contributed by atoms with Crippen molar-refractivity contribution in [2.45, 2.75) is 38.6 Å². The quantitative estimate of drug-likeness (QED) is 0.418. The molecule has 0 aromatic carbocycles. The number of rotatable bonds is 3. The Hall–Kier alpha value is -1.14. The second-order valence-electron chi connectivity index (χ2n) is 5.63. The minimum Gasteiger partial charge on any atom is -0.342 e. The average molecular weight is 268 g/mol. The van der Waals surface area contributed by atoms with Crippen LogP contribution in [-0.4, -0.2) is 53.8 Å². The minimum absolute atomic E-state index is 0.0419. The van der Waals surface area contributed by atoms with Crippen molar-refractivity contribution in [1.82, 2.24) is 15.2 Å². The summed E-state index contributed by atoms with van der Waals surface area (Å²) in [7, 11) is 0. The lowest BCUT2D eigenvalue weighted by atomic mass is 9.96. The van der Waals surface area contributed by atoms with Crippen LogP contribution in [-0.2, 0) is 9.59 Å². The molecule has 2 aliphatic heterocycles. The summed E-state index contributed by atoms with van der Waals surface area (Å²) in [5.41, 5.74) is 2.19. The van der Waals surface area contributed by atoms with E-state index < -0.39 is 0 Å². The fraction of sp³-hybridized carbons (Fsp3) is 0.846. The number of nitrogens with zero attached hydrogens (tertiary/aromatic N) is 2. The van der Waals surface area contributed by atoms with Crippen LogP contribution in [0, 0.1) is 5.92 Å². The van der Waals surface area contributed by atoms with Gasteiger partial charge >= 0.3 is 0 Å². The van der Waals surface area contributed by atoms with Crippen LogP contribution in [0.25, 0.3) is 0 Å². The van der Waals surface area contributed by atoms with Gasteiger partial charge in [-0.3, -0.25) is 19.9 Å². The molecule has 0 aliphatic carbocycles. The van der Waals surface area contributed by atoms with Gasteiger partial charge in [-0.1, -0.05) is 0 Å². The van der Waals surface area contributed by atoms with E-state index in [4.69, 9.17) is 5.84 Å². The number of carbonyl (C=O) groups excluding carboxylic acids is 2. The van der Waals surface area contributed by atoms with E-state index in [0.717, 1.165) is 6.54 Å². The highest BCUT2D eigenvalue weighted by atomic mass is 16.2. The Kier molecular flexibility index (Phi) is 4.76. The Morgan fingerprint density at radius 2 is 1.89 bits per heavy atom. The summed E-state index contributed by atoms with van der Waals surface area (Å²) in [5.74, 6) is 5.18. The van der Waals surface area contributed by atoms with Crippen molar-refractivity contribution in [3.05, 3.63) is 0 Å². The summed E-state index contributed by atoms with van der Waals surface area (Å²) < 4.78 is 0. The molecule has 0 aromatic rings. The molecule has 2 aliphatic rings. The summed E-state index contributed by atoms with van der Waals surface area (Å²) in [5, 5.41) is 0. The standard InChI is InChI=1S/C13H24N4O2/c1-10-3-2-6-17(10)9-12(18)16-7-4-11(5-8-16)13(19)15-14/h10-11H,2-9,14H2,1H3,(H,15,19). The van der Waals surface area contributed by atoms with Crippen LogP contribution in [0.4, 0.5) is 0 Å². The van der Waals surface area contributed by atoms with E-state index in [9.17, 15) is 9.59 Å². The normalized spacial score (nSPS) is 25.6. The van der Waals surface area contributed by atoms with E-state index in [2.05, 4.69) is 17.2 Å². The Balaban J connectivity index is 1.77. The number of nitrogens with one attached hydrogen (secondary N) is 1. The third-order valence-corrected chi connectivity index (χ3v) is 4.39. The van der Waals surface area contributed by atoms with Crippen molar-refractivity contribution in [2.75, 3.05) is 26.2 Å².